The first kappa shape index (κ1) is 15.9. The molecule has 0 aromatic carbocycles. The third-order valence-electron chi connectivity index (χ3n) is 3.60. The second kappa shape index (κ2) is 5.70. The molecule has 118 valence electrons. The van der Waals surface area contributed by atoms with Crippen LogP contribution in [0, 0.1) is 12.8 Å². The number of aromatic nitrogens is 3. The average molecular weight is 317 g/mol. The van der Waals surface area contributed by atoms with Crippen LogP contribution in [0.15, 0.2) is 0 Å². The number of likely N-dealkylation sites (tertiary alicyclic amines) is 1. The molecular formula is C11H19N5O4S. The standard InChI is InChI=1S/C11H19N5O4S/c1-7-10(13-14-12-7)11(18)16-4-8(9(17)5-16)6-21(19,20)15(2)3/h8-9,17H,4-6H2,1-3H3,(H,12,13,14)/t8-,9-/m0/s1. The number of aliphatic hydroxyl groups excluding tert-OH is 1. The maximum atomic E-state index is 12.3. The summed E-state index contributed by atoms with van der Waals surface area (Å²) in [6.07, 6.45) is -0.865. The molecule has 1 aromatic rings. The van der Waals surface area contributed by atoms with Crippen molar-refractivity contribution in [2.75, 3.05) is 32.9 Å². The summed E-state index contributed by atoms with van der Waals surface area (Å²) in [7, 11) is -0.539. The SMILES string of the molecule is Cc1n[nH]nc1C(=O)N1C[C@@H](CS(=O)(=O)N(C)C)[C@@H](O)C1. The van der Waals surface area contributed by atoms with Crippen molar-refractivity contribution in [1.29, 1.82) is 0 Å². The van der Waals surface area contributed by atoms with Crippen molar-refractivity contribution in [3.8, 4) is 0 Å². The van der Waals surface area contributed by atoms with Crippen LogP contribution in [0.4, 0.5) is 0 Å². The number of nitrogens with one attached hydrogen (secondary N) is 1. The first-order valence-electron chi connectivity index (χ1n) is 6.47. The van der Waals surface area contributed by atoms with Gasteiger partial charge in [-0.2, -0.15) is 15.4 Å². The highest BCUT2D eigenvalue weighted by molar-refractivity contribution is 7.89. The molecule has 0 saturated carbocycles. The molecule has 1 saturated heterocycles. The Labute approximate surface area is 123 Å². The Kier molecular flexibility index (Phi) is 4.30. The molecule has 0 bridgehead atoms. The average Bonchev–Trinajstić information content (AvgIpc) is 2.95. The van der Waals surface area contributed by atoms with Gasteiger partial charge in [-0.3, -0.25) is 4.79 Å². The Morgan fingerprint density at radius 1 is 1.43 bits per heavy atom. The van der Waals surface area contributed by atoms with Crippen molar-refractivity contribution >= 4 is 15.9 Å². The molecule has 2 rings (SSSR count). The van der Waals surface area contributed by atoms with E-state index < -0.39 is 22.0 Å². The number of amides is 1. The van der Waals surface area contributed by atoms with E-state index in [-0.39, 0.29) is 30.4 Å². The van der Waals surface area contributed by atoms with Gasteiger partial charge in [-0.25, -0.2) is 12.7 Å². The molecule has 10 heteroatoms. The first-order valence-corrected chi connectivity index (χ1v) is 8.08. The lowest BCUT2D eigenvalue weighted by Gasteiger charge is -2.17. The van der Waals surface area contributed by atoms with Crippen LogP contribution in [0.25, 0.3) is 0 Å². The number of rotatable bonds is 4. The summed E-state index contributed by atoms with van der Waals surface area (Å²) in [6.45, 7) is 1.93. The van der Waals surface area contributed by atoms with E-state index in [1.54, 1.807) is 6.92 Å². The van der Waals surface area contributed by atoms with E-state index in [0.29, 0.717) is 5.69 Å². The topological polar surface area (TPSA) is 119 Å². The van der Waals surface area contributed by atoms with Crippen LogP contribution in [0.1, 0.15) is 16.2 Å². The van der Waals surface area contributed by atoms with Gasteiger partial charge in [0.05, 0.1) is 17.6 Å². The van der Waals surface area contributed by atoms with Gasteiger partial charge in [-0.1, -0.05) is 0 Å². The summed E-state index contributed by atoms with van der Waals surface area (Å²) >= 11 is 0. The summed E-state index contributed by atoms with van der Waals surface area (Å²) in [5, 5.41) is 19.9. The Bertz CT molecular complexity index is 626. The van der Waals surface area contributed by atoms with Gasteiger partial charge >= 0.3 is 0 Å². The Morgan fingerprint density at radius 2 is 2.10 bits per heavy atom. The van der Waals surface area contributed by atoms with Crippen molar-refractivity contribution in [2.45, 2.75) is 13.0 Å². The number of β-amino-alcohol motifs (C(OH)–C–C–N with tert-alkyl or cyclic N) is 1. The molecule has 21 heavy (non-hydrogen) atoms. The van der Waals surface area contributed by atoms with Gasteiger partial charge in [0.1, 0.15) is 0 Å². The summed E-state index contributed by atoms with van der Waals surface area (Å²) in [4.78, 5) is 13.7. The number of nitrogens with zero attached hydrogens (tertiary/aromatic N) is 4. The number of aromatic amines is 1. The zero-order valence-electron chi connectivity index (χ0n) is 12.1. The van der Waals surface area contributed by atoms with Crippen molar-refractivity contribution in [2.24, 2.45) is 5.92 Å². The zero-order valence-corrected chi connectivity index (χ0v) is 13.0. The molecule has 1 aliphatic heterocycles. The Hall–Kier alpha value is -1.52. The van der Waals surface area contributed by atoms with Crippen molar-refractivity contribution in [3.05, 3.63) is 11.4 Å². The second-order valence-corrected chi connectivity index (χ2v) is 7.58. The number of hydrogen-bond acceptors (Lipinski definition) is 6. The largest absolute Gasteiger partial charge is 0.391 e. The van der Waals surface area contributed by atoms with E-state index in [2.05, 4.69) is 15.4 Å². The van der Waals surface area contributed by atoms with Crippen LogP contribution in [-0.2, 0) is 10.0 Å². The first-order chi connectivity index (χ1) is 9.72. The molecule has 2 N–H and O–H groups in total. The lowest BCUT2D eigenvalue weighted by molar-refractivity contribution is 0.0758. The van der Waals surface area contributed by atoms with E-state index in [1.165, 1.54) is 19.0 Å². The number of aliphatic hydroxyl groups is 1. The lowest BCUT2D eigenvalue weighted by atomic mass is 10.1. The second-order valence-electron chi connectivity index (χ2n) is 5.36. The molecule has 2 atom stereocenters. The van der Waals surface area contributed by atoms with Gasteiger partial charge in [0, 0.05) is 33.1 Å². The minimum absolute atomic E-state index is 0.0960. The molecular weight excluding hydrogens is 298 g/mol. The quantitative estimate of drug-likeness (QED) is 0.693. The maximum absolute atomic E-state index is 12.3. The van der Waals surface area contributed by atoms with Gasteiger partial charge in [0.25, 0.3) is 5.91 Å². The fourth-order valence-electron chi connectivity index (χ4n) is 2.24. The van der Waals surface area contributed by atoms with Crippen molar-refractivity contribution < 1.29 is 18.3 Å². The molecule has 0 radical (unpaired) electrons. The third-order valence-corrected chi connectivity index (χ3v) is 5.56. The third kappa shape index (κ3) is 3.22. The number of carbonyl (C=O) groups excluding carboxylic acids is 1. The van der Waals surface area contributed by atoms with E-state index in [4.69, 9.17) is 0 Å². The molecule has 0 unspecified atom stereocenters. The number of aryl methyl sites for hydroxylation is 1. The molecule has 1 amide bonds. The van der Waals surface area contributed by atoms with Crippen LogP contribution in [0.3, 0.4) is 0 Å². The van der Waals surface area contributed by atoms with Crippen LogP contribution in [0.2, 0.25) is 0 Å². The minimum atomic E-state index is -3.42. The maximum Gasteiger partial charge on any atom is 0.276 e. The van der Waals surface area contributed by atoms with Crippen molar-refractivity contribution in [3.63, 3.8) is 0 Å². The zero-order chi connectivity index (χ0) is 15.8. The summed E-state index contributed by atoms with van der Waals surface area (Å²) in [6, 6.07) is 0. The van der Waals surface area contributed by atoms with Crippen LogP contribution >= 0.6 is 0 Å². The Morgan fingerprint density at radius 3 is 2.62 bits per heavy atom. The fourth-order valence-corrected chi connectivity index (χ4v) is 3.41. The van der Waals surface area contributed by atoms with Crippen molar-refractivity contribution in [1.82, 2.24) is 24.6 Å². The van der Waals surface area contributed by atoms with E-state index in [0.717, 1.165) is 4.31 Å². The monoisotopic (exact) mass is 317 g/mol. The number of hydrogen-bond donors (Lipinski definition) is 2. The molecule has 1 aliphatic rings. The summed E-state index contributed by atoms with van der Waals surface area (Å²) in [5.41, 5.74) is 0.664. The molecule has 9 nitrogen and oxygen atoms in total. The van der Waals surface area contributed by atoms with E-state index in [1.807, 2.05) is 0 Å². The van der Waals surface area contributed by atoms with E-state index >= 15 is 0 Å². The molecule has 1 fully saturated rings. The van der Waals surface area contributed by atoms with Gasteiger partial charge in [0.2, 0.25) is 10.0 Å². The summed E-state index contributed by atoms with van der Waals surface area (Å²) < 4.78 is 24.9. The number of carbonyl (C=O) groups is 1. The number of sulfonamides is 1. The molecule has 0 aliphatic carbocycles. The highest BCUT2D eigenvalue weighted by Crippen LogP contribution is 2.21. The summed E-state index contributed by atoms with van der Waals surface area (Å²) in [5.74, 6) is -1.05. The van der Waals surface area contributed by atoms with Crippen LogP contribution in [0.5, 0.6) is 0 Å². The normalized spacial score (nSPS) is 23.0. The minimum Gasteiger partial charge on any atom is -0.391 e. The predicted molar refractivity (Wildman–Crippen MR) is 74.0 cm³/mol. The highest BCUT2D eigenvalue weighted by Gasteiger charge is 2.38. The van der Waals surface area contributed by atoms with Gasteiger partial charge in [-0.15, -0.1) is 0 Å². The van der Waals surface area contributed by atoms with Gasteiger partial charge < -0.3 is 10.0 Å². The lowest BCUT2D eigenvalue weighted by Crippen LogP contribution is -2.33. The van der Waals surface area contributed by atoms with Gasteiger partial charge in [0.15, 0.2) is 5.69 Å². The smallest absolute Gasteiger partial charge is 0.276 e. The fraction of sp³-hybridized carbons (Fsp3) is 0.727. The predicted octanol–water partition coefficient (Wildman–Crippen LogP) is -1.56. The van der Waals surface area contributed by atoms with E-state index in [9.17, 15) is 18.3 Å². The van der Waals surface area contributed by atoms with Gasteiger partial charge in [-0.05, 0) is 6.92 Å². The van der Waals surface area contributed by atoms with Crippen LogP contribution < -0.4 is 0 Å². The Balaban J connectivity index is 2.08. The molecule has 0 spiro atoms. The highest BCUT2D eigenvalue weighted by atomic mass is 32.2. The number of H-pyrrole nitrogens is 1. The molecule has 2 heterocycles. The molecule has 1 aromatic heterocycles. The van der Waals surface area contributed by atoms with Crippen LogP contribution in [-0.4, -0.2) is 83.1 Å².